The zero-order valence-corrected chi connectivity index (χ0v) is 11.6. The molecule has 0 aliphatic heterocycles. The highest BCUT2D eigenvalue weighted by Gasteiger charge is 2.29. The van der Waals surface area contributed by atoms with Gasteiger partial charge in [0, 0.05) is 23.5 Å². The number of amides is 1. The molecule has 1 amide bonds. The van der Waals surface area contributed by atoms with E-state index in [0.29, 0.717) is 5.69 Å². The number of H-pyrrole nitrogens is 1. The minimum absolute atomic E-state index is 0.0530. The Morgan fingerprint density at radius 1 is 1.41 bits per heavy atom. The van der Waals surface area contributed by atoms with E-state index >= 15 is 0 Å². The fourth-order valence-corrected chi connectivity index (χ4v) is 1.85. The van der Waals surface area contributed by atoms with Crippen LogP contribution in [0.5, 0.6) is 0 Å². The van der Waals surface area contributed by atoms with Gasteiger partial charge in [-0.15, -0.1) is 10.2 Å². The average molecular weight is 295 g/mol. The molecule has 1 saturated carbocycles. The van der Waals surface area contributed by atoms with Crippen molar-refractivity contribution < 1.29 is 4.79 Å². The van der Waals surface area contributed by atoms with Crippen LogP contribution in [0.4, 0.5) is 11.4 Å². The Balaban J connectivity index is 1.69. The first-order valence-corrected chi connectivity index (χ1v) is 6.78. The fourth-order valence-electron chi connectivity index (χ4n) is 1.85. The number of hydrogen-bond donors (Lipinski definition) is 3. The van der Waals surface area contributed by atoms with Gasteiger partial charge in [0.05, 0.1) is 0 Å². The van der Waals surface area contributed by atoms with Crippen LogP contribution in [0.1, 0.15) is 18.7 Å². The molecule has 22 heavy (non-hydrogen) atoms. The number of aromatic nitrogens is 4. The van der Waals surface area contributed by atoms with E-state index < -0.39 is 0 Å². The molecule has 0 saturated heterocycles. The van der Waals surface area contributed by atoms with E-state index in [4.69, 9.17) is 5.26 Å². The summed E-state index contributed by atoms with van der Waals surface area (Å²) in [5.41, 5.74) is 1.71. The van der Waals surface area contributed by atoms with E-state index in [2.05, 4.69) is 31.3 Å². The van der Waals surface area contributed by atoms with Crippen LogP contribution in [0.15, 0.2) is 30.5 Å². The van der Waals surface area contributed by atoms with Crippen LogP contribution >= 0.6 is 0 Å². The predicted molar refractivity (Wildman–Crippen MR) is 79.2 cm³/mol. The summed E-state index contributed by atoms with van der Waals surface area (Å²) in [5.74, 6) is 0.422. The number of rotatable bonds is 5. The summed E-state index contributed by atoms with van der Waals surface area (Å²) in [6.45, 7) is 0. The van der Waals surface area contributed by atoms with Crippen molar-refractivity contribution in [1.29, 1.82) is 5.26 Å². The highest BCUT2D eigenvalue weighted by molar-refractivity contribution is 5.94. The molecule has 1 aromatic carbocycles. The predicted octanol–water partition coefficient (Wildman–Crippen LogP) is 1.52. The lowest BCUT2D eigenvalue weighted by Gasteiger charge is -2.07. The first-order chi connectivity index (χ1) is 10.8. The van der Waals surface area contributed by atoms with Gasteiger partial charge < -0.3 is 10.6 Å². The van der Waals surface area contributed by atoms with Crippen molar-refractivity contribution in [2.75, 3.05) is 10.6 Å². The highest BCUT2D eigenvalue weighted by Crippen LogP contribution is 2.30. The molecule has 3 rings (SSSR count). The topological polar surface area (TPSA) is 119 Å². The summed E-state index contributed by atoms with van der Waals surface area (Å²) < 4.78 is 0. The van der Waals surface area contributed by atoms with Crippen molar-refractivity contribution in [3.05, 3.63) is 36.3 Å². The third kappa shape index (κ3) is 3.27. The first-order valence-electron chi connectivity index (χ1n) is 6.78. The summed E-state index contributed by atoms with van der Waals surface area (Å²) in [6.07, 6.45) is 3.41. The van der Waals surface area contributed by atoms with Crippen LogP contribution in [-0.2, 0) is 4.79 Å². The molecule has 1 aliphatic carbocycles. The van der Waals surface area contributed by atoms with Gasteiger partial charge in [0.25, 0.3) is 0 Å². The van der Waals surface area contributed by atoms with Crippen LogP contribution in [0, 0.1) is 17.2 Å². The van der Waals surface area contributed by atoms with Crippen LogP contribution < -0.4 is 10.6 Å². The fraction of sp³-hybridized carbons (Fsp3) is 0.214. The Bertz CT molecular complexity index is 741. The number of benzene rings is 1. The third-order valence-electron chi connectivity index (χ3n) is 3.17. The number of tetrazole rings is 1. The highest BCUT2D eigenvalue weighted by atomic mass is 16.2. The van der Waals surface area contributed by atoms with E-state index in [1.165, 1.54) is 6.20 Å². The number of nitrogens with one attached hydrogen (secondary N) is 3. The molecule has 1 heterocycles. The molecule has 0 bridgehead atoms. The Kier molecular flexibility index (Phi) is 3.78. The molecule has 0 spiro atoms. The second-order valence-corrected chi connectivity index (χ2v) is 4.89. The maximum absolute atomic E-state index is 11.7. The largest absolute Gasteiger partial charge is 0.360 e. The monoisotopic (exact) mass is 295 g/mol. The number of aromatic amines is 1. The second kappa shape index (κ2) is 6.05. The number of allylic oxidation sites excluding steroid dienone is 1. The molecular formula is C14H13N7O. The summed E-state index contributed by atoms with van der Waals surface area (Å²) in [5, 5.41) is 28.1. The zero-order valence-electron chi connectivity index (χ0n) is 11.6. The van der Waals surface area contributed by atoms with Gasteiger partial charge in [-0.2, -0.15) is 10.5 Å². The molecule has 1 aromatic heterocycles. The molecular weight excluding hydrogens is 282 g/mol. The number of nitriles is 1. The molecule has 2 aromatic rings. The van der Waals surface area contributed by atoms with E-state index in [1.807, 2.05) is 24.3 Å². The Hall–Kier alpha value is -3.21. The average Bonchev–Trinajstić information content (AvgIpc) is 3.25. The van der Waals surface area contributed by atoms with E-state index in [9.17, 15) is 4.79 Å². The maximum Gasteiger partial charge on any atom is 0.227 e. The number of carbonyl (C=O) groups excluding carboxylic acids is 1. The van der Waals surface area contributed by atoms with Crippen molar-refractivity contribution in [2.24, 2.45) is 5.92 Å². The van der Waals surface area contributed by atoms with Gasteiger partial charge in [-0.3, -0.25) is 4.79 Å². The summed E-state index contributed by atoms with van der Waals surface area (Å²) >= 11 is 0. The van der Waals surface area contributed by atoms with E-state index in [0.717, 1.165) is 18.5 Å². The minimum Gasteiger partial charge on any atom is -0.360 e. The Morgan fingerprint density at radius 3 is 2.91 bits per heavy atom. The SMILES string of the molecule is N#CC(=CNc1cccc(NC(=O)C2CC2)c1)c1nn[nH]n1. The zero-order chi connectivity index (χ0) is 15.4. The number of carbonyl (C=O) groups is 1. The molecule has 0 radical (unpaired) electrons. The number of hydrogen-bond acceptors (Lipinski definition) is 6. The minimum atomic E-state index is 0.0530. The molecule has 8 nitrogen and oxygen atoms in total. The van der Waals surface area contributed by atoms with Gasteiger partial charge in [0.2, 0.25) is 11.7 Å². The molecule has 1 aliphatic rings. The first kappa shape index (κ1) is 13.8. The van der Waals surface area contributed by atoms with Gasteiger partial charge in [-0.25, -0.2) is 0 Å². The summed E-state index contributed by atoms with van der Waals surface area (Å²) in [4.78, 5) is 11.7. The lowest BCUT2D eigenvalue weighted by Crippen LogP contribution is -2.13. The van der Waals surface area contributed by atoms with Crippen molar-refractivity contribution in [2.45, 2.75) is 12.8 Å². The van der Waals surface area contributed by atoms with Crippen molar-refractivity contribution in [3.8, 4) is 6.07 Å². The molecule has 110 valence electrons. The van der Waals surface area contributed by atoms with Crippen LogP contribution in [0.25, 0.3) is 5.57 Å². The van der Waals surface area contributed by atoms with Gasteiger partial charge in [0.15, 0.2) is 0 Å². The second-order valence-electron chi connectivity index (χ2n) is 4.89. The van der Waals surface area contributed by atoms with E-state index in [1.54, 1.807) is 6.07 Å². The molecule has 3 N–H and O–H groups in total. The van der Waals surface area contributed by atoms with Crippen molar-refractivity contribution in [3.63, 3.8) is 0 Å². The van der Waals surface area contributed by atoms with Gasteiger partial charge >= 0.3 is 0 Å². The normalized spacial score (nSPS) is 14.2. The molecule has 0 atom stereocenters. The molecule has 1 fully saturated rings. The van der Waals surface area contributed by atoms with Gasteiger partial charge in [-0.05, 0) is 36.3 Å². The lowest BCUT2D eigenvalue weighted by molar-refractivity contribution is -0.117. The van der Waals surface area contributed by atoms with Gasteiger partial charge in [-0.1, -0.05) is 6.07 Å². The molecule has 8 heteroatoms. The maximum atomic E-state index is 11.7. The van der Waals surface area contributed by atoms with Crippen LogP contribution in [0.3, 0.4) is 0 Å². The third-order valence-corrected chi connectivity index (χ3v) is 3.17. The summed E-state index contributed by atoms with van der Waals surface area (Å²) in [7, 11) is 0. The van der Waals surface area contributed by atoms with E-state index in [-0.39, 0.29) is 23.2 Å². The number of nitrogens with zero attached hydrogens (tertiary/aromatic N) is 4. The Morgan fingerprint density at radius 2 is 2.23 bits per heavy atom. The standard InChI is InChI=1S/C14H13N7O/c15-7-10(13-18-20-21-19-13)8-16-11-2-1-3-12(6-11)17-14(22)9-4-5-9/h1-3,6,8-9,16H,4-5H2,(H,17,22)(H,18,19,20,21). The summed E-state index contributed by atoms with van der Waals surface area (Å²) in [6, 6.07) is 9.25. The van der Waals surface area contributed by atoms with Crippen molar-refractivity contribution >= 4 is 22.9 Å². The van der Waals surface area contributed by atoms with Crippen LogP contribution in [-0.4, -0.2) is 26.5 Å². The lowest BCUT2D eigenvalue weighted by atomic mass is 10.2. The number of anilines is 2. The molecule has 0 unspecified atom stereocenters. The van der Waals surface area contributed by atoms with Crippen molar-refractivity contribution in [1.82, 2.24) is 20.6 Å². The van der Waals surface area contributed by atoms with Gasteiger partial charge in [0.1, 0.15) is 11.6 Å². The quantitative estimate of drug-likeness (QED) is 0.719. The smallest absolute Gasteiger partial charge is 0.227 e. The van der Waals surface area contributed by atoms with Crippen LogP contribution in [0.2, 0.25) is 0 Å². The Labute approximate surface area is 126 Å².